The Morgan fingerprint density at radius 1 is 0.895 bits per heavy atom. The molecule has 0 bridgehead atoms. The van der Waals surface area contributed by atoms with E-state index in [1.54, 1.807) is 24.4 Å². The van der Waals surface area contributed by atoms with E-state index in [1.165, 1.54) is 30.5 Å². The van der Waals surface area contributed by atoms with Crippen LogP contribution < -0.4 is 5.32 Å². The van der Waals surface area contributed by atoms with Gasteiger partial charge >= 0.3 is 0 Å². The molecule has 4 heterocycles. The van der Waals surface area contributed by atoms with Gasteiger partial charge in [-0.3, -0.25) is 14.4 Å². The minimum absolute atomic E-state index is 0.0988. The van der Waals surface area contributed by atoms with Crippen molar-refractivity contribution >= 4 is 29.2 Å². The molecule has 1 fully saturated rings. The van der Waals surface area contributed by atoms with Crippen molar-refractivity contribution < 1.29 is 23.2 Å². The van der Waals surface area contributed by atoms with Gasteiger partial charge in [-0.2, -0.15) is 0 Å². The van der Waals surface area contributed by atoms with Gasteiger partial charge < -0.3 is 14.6 Å². The topological polar surface area (TPSA) is 79.6 Å². The zero-order valence-corrected chi connectivity index (χ0v) is 20.0. The molecule has 1 spiro atoms. The number of furan rings is 1. The van der Waals surface area contributed by atoms with Gasteiger partial charge in [0.2, 0.25) is 11.7 Å². The number of carbonyl (C=O) groups excluding carboxylic acids is 3. The number of ketones is 2. The predicted molar refractivity (Wildman–Crippen MR) is 138 cm³/mol. The largest absolute Gasteiger partial charge is 0.461 e. The average molecular weight is 505 g/mol. The minimum Gasteiger partial charge on any atom is -0.461 e. The summed E-state index contributed by atoms with van der Waals surface area (Å²) in [4.78, 5) is 44.7. The first-order valence-corrected chi connectivity index (χ1v) is 12.3. The fourth-order valence-corrected chi connectivity index (χ4v) is 6.53. The predicted octanol–water partition coefficient (Wildman–Crippen LogP) is 5.40. The van der Waals surface area contributed by atoms with Crippen LogP contribution in [0.4, 0.5) is 10.1 Å². The minimum atomic E-state index is -1.43. The Morgan fingerprint density at radius 3 is 2.45 bits per heavy atom. The third kappa shape index (κ3) is 2.90. The highest BCUT2D eigenvalue weighted by atomic mass is 19.1. The number of carbonyl (C=O) groups is 3. The van der Waals surface area contributed by atoms with Crippen LogP contribution in [0.1, 0.15) is 43.6 Å². The molecular weight excluding hydrogens is 483 g/mol. The molecule has 7 rings (SSSR count). The lowest BCUT2D eigenvalue weighted by molar-refractivity contribution is -0.122. The maximum absolute atomic E-state index is 14.5. The first-order valence-electron chi connectivity index (χ1n) is 12.3. The van der Waals surface area contributed by atoms with Crippen molar-refractivity contribution in [1.82, 2.24) is 4.90 Å². The second-order valence-electron chi connectivity index (χ2n) is 9.80. The lowest BCUT2D eigenvalue weighted by Gasteiger charge is -2.38. The number of halogens is 1. The smallest absolute Gasteiger partial charge is 0.238 e. The third-order valence-electron chi connectivity index (χ3n) is 8.01. The van der Waals surface area contributed by atoms with Crippen molar-refractivity contribution in [3.05, 3.63) is 131 Å². The monoisotopic (exact) mass is 504 g/mol. The third-order valence-corrected chi connectivity index (χ3v) is 8.01. The van der Waals surface area contributed by atoms with Crippen LogP contribution in [-0.4, -0.2) is 28.4 Å². The molecule has 38 heavy (non-hydrogen) atoms. The number of hydrogen-bond donors (Lipinski definition) is 1. The Kier molecular flexibility index (Phi) is 4.79. The molecule has 1 amide bonds. The number of amides is 1. The van der Waals surface area contributed by atoms with Gasteiger partial charge in [0, 0.05) is 17.5 Å². The van der Waals surface area contributed by atoms with E-state index in [4.69, 9.17) is 4.42 Å². The van der Waals surface area contributed by atoms with Gasteiger partial charge in [-0.05, 0) is 65.2 Å². The second kappa shape index (κ2) is 8.11. The summed E-state index contributed by atoms with van der Waals surface area (Å²) in [5.74, 6) is -2.68. The van der Waals surface area contributed by atoms with Gasteiger partial charge in [0.25, 0.3) is 0 Å². The molecule has 7 heteroatoms. The van der Waals surface area contributed by atoms with Crippen molar-refractivity contribution in [2.45, 2.75) is 17.5 Å². The molecule has 186 valence electrons. The quantitative estimate of drug-likeness (QED) is 0.377. The van der Waals surface area contributed by atoms with Crippen LogP contribution >= 0.6 is 0 Å². The molecule has 4 aromatic rings. The van der Waals surface area contributed by atoms with Crippen LogP contribution in [0.2, 0.25) is 0 Å². The zero-order chi connectivity index (χ0) is 26.0. The maximum atomic E-state index is 14.5. The molecule has 3 aromatic carbocycles. The zero-order valence-electron chi connectivity index (χ0n) is 20.0. The van der Waals surface area contributed by atoms with E-state index in [-0.39, 0.29) is 17.2 Å². The van der Waals surface area contributed by atoms with E-state index in [0.717, 1.165) is 11.1 Å². The highest BCUT2D eigenvalue weighted by Gasteiger charge is 2.71. The molecule has 0 unspecified atom stereocenters. The van der Waals surface area contributed by atoms with Gasteiger partial charge in [-0.1, -0.05) is 42.5 Å². The molecule has 3 aliphatic heterocycles. The second-order valence-corrected chi connectivity index (χ2v) is 9.80. The van der Waals surface area contributed by atoms with Crippen LogP contribution in [0.3, 0.4) is 0 Å². The number of rotatable bonds is 4. The lowest BCUT2D eigenvalue weighted by atomic mass is 9.62. The Hall–Kier alpha value is -4.78. The number of benzene rings is 3. The SMILES string of the molecule is O=C(c1ccc(F)cc1)[C@@H]1[C@H](C(=O)c2ccco2)N2C=Cc3ccccc3[C@@H]2[C@]12C(=O)Nc1ccccc12. The summed E-state index contributed by atoms with van der Waals surface area (Å²) in [5.41, 5.74) is 1.79. The molecule has 6 nitrogen and oxygen atoms in total. The Morgan fingerprint density at radius 2 is 1.66 bits per heavy atom. The summed E-state index contributed by atoms with van der Waals surface area (Å²) in [6, 6.07) is 21.7. The van der Waals surface area contributed by atoms with Crippen molar-refractivity contribution in [2.24, 2.45) is 5.92 Å². The summed E-state index contributed by atoms with van der Waals surface area (Å²) < 4.78 is 19.3. The van der Waals surface area contributed by atoms with Crippen LogP contribution in [-0.2, 0) is 10.2 Å². The van der Waals surface area contributed by atoms with Gasteiger partial charge in [-0.25, -0.2) is 4.39 Å². The molecule has 3 aliphatic rings. The number of nitrogens with one attached hydrogen (secondary N) is 1. The normalized spacial score (nSPS) is 24.6. The average Bonchev–Trinajstić information content (AvgIpc) is 3.65. The fourth-order valence-electron chi connectivity index (χ4n) is 6.53. The van der Waals surface area contributed by atoms with Crippen LogP contribution in [0.25, 0.3) is 6.08 Å². The number of fused-ring (bicyclic) bond motifs is 6. The summed E-state index contributed by atoms with van der Waals surface area (Å²) in [5, 5.41) is 3.00. The highest BCUT2D eigenvalue weighted by molar-refractivity contribution is 6.16. The van der Waals surface area contributed by atoms with Crippen LogP contribution in [0.15, 0.2) is 102 Å². The van der Waals surface area contributed by atoms with Crippen LogP contribution in [0.5, 0.6) is 0 Å². The molecule has 1 aromatic heterocycles. The number of Topliss-reactive ketones (excluding diaryl/α,β-unsaturated/α-hetero) is 2. The van der Waals surface area contributed by atoms with E-state index >= 15 is 0 Å². The summed E-state index contributed by atoms with van der Waals surface area (Å²) in [7, 11) is 0. The summed E-state index contributed by atoms with van der Waals surface area (Å²) in [6.07, 6.45) is 5.10. The van der Waals surface area contributed by atoms with Crippen molar-refractivity contribution in [1.29, 1.82) is 0 Å². The molecular formula is C31H21FN2O4. The molecule has 1 saturated heterocycles. The molecule has 0 saturated carbocycles. The number of anilines is 1. The van der Waals surface area contributed by atoms with Gasteiger partial charge in [0.15, 0.2) is 11.5 Å². The summed E-state index contributed by atoms with van der Waals surface area (Å²) >= 11 is 0. The van der Waals surface area contributed by atoms with Gasteiger partial charge in [0.1, 0.15) is 17.3 Å². The molecule has 0 radical (unpaired) electrons. The molecule has 4 atom stereocenters. The number of hydrogen-bond acceptors (Lipinski definition) is 5. The van der Waals surface area contributed by atoms with Crippen molar-refractivity contribution in [3.63, 3.8) is 0 Å². The maximum Gasteiger partial charge on any atom is 0.238 e. The molecule has 1 N–H and O–H groups in total. The van der Waals surface area contributed by atoms with E-state index < -0.39 is 40.8 Å². The number of nitrogens with zero attached hydrogens (tertiary/aromatic N) is 1. The summed E-state index contributed by atoms with van der Waals surface area (Å²) in [6.45, 7) is 0. The molecule has 0 aliphatic carbocycles. The lowest BCUT2D eigenvalue weighted by Crippen LogP contribution is -2.49. The van der Waals surface area contributed by atoms with E-state index in [1.807, 2.05) is 53.4 Å². The van der Waals surface area contributed by atoms with E-state index in [2.05, 4.69) is 5.32 Å². The highest BCUT2D eigenvalue weighted by Crippen LogP contribution is 2.62. The van der Waals surface area contributed by atoms with Crippen LogP contribution in [0, 0.1) is 11.7 Å². The first kappa shape index (κ1) is 22.4. The van der Waals surface area contributed by atoms with E-state index in [0.29, 0.717) is 11.3 Å². The Balaban J connectivity index is 1.55. The first-order chi connectivity index (χ1) is 18.5. The van der Waals surface area contributed by atoms with E-state index in [9.17, 15) is 18.8 Å². The van der Waals surface area contributed by atoms with Gasteiger partial charge in [-0.15, -0.1) is 0 Å². The Bertz CT molecular complexity index is 1640. The van der Waals surface area contributed by atoms with Crippen molar-refractivity contribution in [2.75, 3.05) is 5.32 Å². The fraction of sp³-hybridized carbons (Fsp3) is 0.129. The Labute approximate surface area is 217 Å². The number of para-hydroxylation sites is 1. The van der Waals surface area contributed by atoms with Crippen molar-refractivity contribution in [3.8, 4) is 0 Å². The standard InChI is InChI=1S/C31H21FN2O4/c32-20-13-11-19(12-14-20)27(35)25-26(28(36)24-10-5-17-38-24)34-16-15-18-6-1-2-7-21(18)29(34)31(25)22-8-3-4-9-23(22)33-30(31)37/h1-17,25-26,29H,(H,33,37)/t25-,26+,29+,31+/m0/s1. The van der Waals surface area contributed by atoms with Gasteiger partial charge in [0.05, 0.1) is 18.2 Å².